The van der Waals surface area contributed by atoms with Crippen molar-refractivity contribution >= 4 is 0 Å². The molecule has 1 heterocycles. The Morgan fingerprint density at radius 2 is 2.18 bits per heavy atom. The van der Waals surface area contributed by atoms with E-state index in [0.29, 0.717) is 19.3 Å². The Morgan fingerprint density at radius 1 is 1.36 bits per heavy atom. The van der Waals surface area contributed by atoms with Crippen LogP contribution in [0.2, 0.25) is 0 Å². The summed E-state index contributed by atoms with van der Waals surface area (Å²) in [6, 6.07) is 0. The molecule has 0 N–H and O–H groups in total. The van der Waals surface area contributed by atoms with Crippen molar-refractivity contribution in [1.29, 1.82) is 0 Å². The molecule has 3 nitrogen and oxygen atoms in total. The van der Waals surface area contributed by atoms with E-state index in [-0.39, 0.29) is 6.10 Å². The fraction of sp³-hybridized carbons (Fsp3) is 1.00. The molecule has 3 heteroatoms. The molecule has 0 bridgehead atoms. The molecule has 0 amide bonds. The van der Waals surface area contributed by atoms with Gasteiger partial charge in [-0.3, -0.25) is 0 Å². The summed E-state index contributed by atoms with van der Waals surface area (Å²) in [6.45, 7) is 5.15. The molecule has 1 fully saturated rings. The van der Waals surface area contributed by atoms with Crippen LogP contribution in [0.1, 0.15) is 26.7 Å². The monoisotopic (exact) mass is 160 g/mol. The summed E-state index contributed by atoms with van der Waals surface area (Å²) in [4.78, 5) is 9.64. The normalized spacial score (nSPS) is 31.1. The maximum Gasteiger partial charge on any atom is 0.108 e. The second-order valence-electron chi connectivity index (χ2n) is 2.84. The van der Waals surface area contributed by atoms with E-state index in [2.05, 4.69) is 6.92 Å². The summed E-state index contributed by atoms with van der Waals surface area (Å²) in [5.41, 5.74) is 0. The largest absolute Gasteiger partial charge is 0.373 e. The fourth-order valence-corrected chi connectivity index (χ4v) is 1.22. The Hall–Kier alpha value is -0.120. The van der Waals surface area contributed by atoms with Crippen LogP contribution in [-0.4, -0.2) is 25.4 Å². The van der Waals surface area contributed by atoms with Gasteiger partial charge in [-0.15, -0.1) is 0 Å². The molecule has 0 aromatic heterocycles. The minimum atomic E-state index is 0.247. The van der Waals surface area contributed by atoms with Gasteiger partial charge in [-0.25, -0.2) is 9.78 Å². The highest BCUT2D eigenvalue weighted by atomic mass is 17.2. The summed E-state index contributed by atoms with van der Waals surface area (Å²) in [6.07, 6.45) is 2.87. The van der Waals surface area contributed by atoms with Crippen LogP contribution < -0.4 is 0 Å². The van der Waals surface area contributed by atoms with E-state index in [1.807, 2.05) is 6.92 Å². The van der Waals surface area contributed by atoms with Crippen molar-refractivity contribution in [2.45, 2.75) is 38.9 Å². The van der Waals surface area contributed by atoms with Crippen LogP contribution in [0.3, 0.4) is 0 Å². The summed E-state index contributed by atoms with van der Waals surface area (Å²) >= 11 is 0. The molecule has 1 unspecified atom stereocenters. The minimum absolute atomic E-state index is 0.247. The molecule has 1 saturated heterocycles. The molecule has 0 spiro atoms. The van der Waals surface area contributed by atoms with Crippen molar-refractivity contribution in [2.24, 2.45) is 0 Å². The van der Waals surface area contributed by atoms with Gasteiger partial charge in [-0.1, -0.05) is 0 Å². The van der Waals surface area contributed by atoms with Gasteiger partial charge in [0.25, 0.3) is 0 Å². The summed E-state index contributed by atoms with van der Waals surface area (Å²) in [7, 11) is 0. The van der Waals surface area contributed by atoms with E-state index in [1.54, 1.807) is 0 Å². The molecule has 66 valence electrons. The van der Waals surface area contributed by atoms with Crippen molar-refractivity contribution in [2.75, 3.05) is 13.2 Å². The van der Waals surface area contributed by atoms with Crippen molar-refractivity contribution in [1.82, 2.24) is 0 Å². The van der Waals surface area contributed by atoms with Crippen molar-refractivity contribution in [3.63, 3.8) is 0 Å². The average molecular weight is 160 g/mol. The van der Waals surface area contributed by atoms with E-state index in [9.17, 15) is 0 Å². The number of hydrogen-bond donors (Lipinski definition) is 0. The Morgan fingerprint density at radius 3 is 2.73 bits per heavy atom. The van der Waals surface area contributed by atoms with E-state index in [0.717, 1.165) is 12.8 Å². The van der Waals surface area contributed by atoms with Gasteiger partial charge in [-0.05, 0) is 26.7 Å². The molecule has 0 saturated carbocycles. The van der Waals surface area contributed by atoms with Crippen molar-refractivity contribution in [3.8, 4) is 0 Å². The lowest BCUT2D eigenvalue weighted by atomic mass is 10.2. The maximum absolute atomic E-state index is 5.50. The summed E-state index contributed by atoms with van der Waals surface area (Å²) in [5.74, 6) is 0. The first-order chi connectivity index (χ1) is 5.33. The number of ether oxygens (including phenoxy) is 1. The minimum Gasteiger partial charge on any atom is -0.373 e. The Bertz CT molecular complexity index is 106. The maximum atomic E-state index is 5.50. The Kier molecular flexibility index (Phi) is 3.83. The van der Waals surface area contributed by atoms with Gasteiger partial charge in [-0.2, -0.15) is 0 Å². The van der Waals surface area contributed by atoms with E-state index < -0.39 is 0 Å². The second kappa shape index (κ2) is 4.70. The highest BCUT2D eigenvalue weighted by Gasteiger charge is 2.21. The molecule has 0 aliphatic carbocycles. The third-order valence-electron chi connectivity index (χ3n) is 1.78. The van der Waals surface area contributed by atoms with E-state index in [1.165, 1.54) is 0 Å². The first-order valence-electron chi connectivity index (χ1n) is 4.22. The lowest BCUT2D eigenvalue weighted by Gasteiger charge is -2.09. The standard InChI is InChI=1S/C8H16O3/c1-3-9-10-6-8-5-4-7(2)11-8/h7-8H,3-6H2,1-2H3/t7?,8-/m0/s1. The van der Waals surface area contributed by atoms with Gasteiger partial charge in [0.05, 0.1) is 18.8 Å². The Balaban J connectivity index is 1.99. The predicted molar refractivity (Wildman–Crippen MR) is 41.1 cm³/mol. The lowest BCUT2D eigenvalue weighted by molar-refractivity contribution is -0.303. The molecule has 0 aromatic carbocycles. The SMILES string of the molecule is CCOOC[C@@H]1CCC(C)O1. The van der Waals surface area contributed by atoms with Gasteiger partial charge in [0.1, 0.15) is 6.61 Å². The molecule has 1 rings (SSSR count). The first kappa shape index (κ1) is 8.97. The van der Waals surface area contributed by atoms with E-state index >= 15 is 0 Å². The number of rotatable bonds is 4. The molecule has 0 radical (unpaired) electrons. The van der Waals surface area contributed by atoms with Crippen LogP contribution in [0.15, 0.2) is 0 Å². The van der Waals surface area contributed by atoms with Gasteiger partial charge >= 0.3 is 0 Å². The zero-order chi connectivity index (χ0) is 8.10. The smallest absolute Gasteiger partial charge is 0.108 e. The number of hydrogen-bond acceptors (Lipinski definition) is 3. The van der Waals surface area contributed by atoms with Crippen molar-refractivity contribution in [3.05, 3.63) is 0 Å². The van der Waals surface area contributed by atoms with Crippen LogP contribution in [0.25, 0.3) is 0 Å². The summed E-state index contributed by atoms with van der Waals surface area (Å²) in [5, 5.41) is 0. The highest BCUT2D eigenvalue weighted by Crippen LogP contribution is 2.18. The van der Waals surface area contributed by atoms with Gasteiger partial charge in [0.15, 0.2) is 0 Å². The van der Waals surface area contributed by atoms with Crippen LogP contribution in [0.4, 0.5) is 0 Å². The van der Waals surface area contributed by atoms with Gasteiger partial charge in [0.2, 0.25) is 0 Å². The van der Waals surface area contributed by atoms with Crippen LogP contribution in [0.5, 0.6) is 0 Å². The molecule has 1 aliphatic heterocycles. The molecular formula is C8H16O3. The van der Waals surface area contributed by atoms with Crippen LogP contribution in [-0.2, 0) is 14.5 Å². The zero-order valence-corrected chi connectivity index (χ0v) is 7.21. The van der Waals surface area contributed by atoms with Crippen LogP contribution >= 0.6 is 0 Å². The molecule has 11 heavy (non-hydrogen) atoms. The van der Waals surface area contributed by atoms with Gasteiger partial charge < -0.3 is 4.74 Å². The quantitative estimate of drug-likeness (QED) is 0.354. The molecule has 1 aliphatic rings. The predicted octanol–water partition coefficient (Wildman–Crippen LogP) is 1.52. The molecule has 2 atom stereocenters. The third kappa shape index (κ3) is 3.18. The molecular weight excluding hydrogens is 144 g/mol. The topological polar surface area (TPSA) is 27.7 Å². The first-order valence-corrected chi connectivity index (χ1v) is 4.22. The van der Waals surface area contributed by atoms with Crippen LogP contribution in [0, 0.1) is 0 Å². The van der Waals surface area contributed by atoms with Crippen molar-refractivity contribution < 1.29 is 14.5 Å². The Labute approximate surface area is 67.6 Å². The highest BCUT2D eigenvalue weighted by molar-refractivity contribution is 4.68. The lowest BCUT2D eigenvalue weighted by Crippen LogP contribution is -2.15. The van der Waals surface area contributed by atoms with E-state index in [4.69, 9.17) is 14.5 Å². The molecule has 0 aromatic rings. The average Bonchev–Trinajstić information content (AvgIpc) is 2.37. The third-order valence-corrected chi connectivity index (χ3v) is 1.78. The summed E-state index contributed by atoms with van der Waals surface area (Å²) < 4.78 is 5.50. The van der Waals surface area contributed by atoms with Gasteiger partial charge in [0, 0.05) is 0 Å². The fourth-order valence-electron chi connectivity index (χ4n) is 1.22. The zero-order valence-electron chi connectivity index (χ0n) is 7.21. The second-order valence-corrected chi connectivity index (χ2v) is 2.84.